The summed E-state index contributed by atoms with van der Waals surface area (Å²) in [4.78, 5) is 23.7. The standard InChI is InChI=1S/C19H32O4/c1-4-5-6-7-8-9-10-11-12-13-14-16-15-19(16,17(20)22-2)18(21)23-3/h13-14,16H,4-12,15H2,1-3H3/b14-13+. The first-order valence-electron chi connectivity index (χ1n) is 8.97. The van der Waals surface area contributed by atoms with Gasteiger partial charge in [-0.05, 0) is 19.3 Å². The minimum atomic E-state index is -1.08. The fourth-order valence-electron chi connectivity index (χ4n) is 3.09. The maximum absolute atomic E-state index is 11.8. The highest BCUT2D eigenvalue weighted by molar-refractivity contribution is 6.04. The van der Waals surface area contributed by atoms with Crippen LogP contribution >= 0.6 is 0 Å². The molecular weight excluding hydrogens is 292 g/mol. The number of allylic oxidation sites excluding steroid dienone is 2. The second-order valence-electron chi connectivity index (χ2n) is 6.46. The Labute approximate surface area is 140 Å². The third-order valence-electron chi connectivity index (χ3n) is 4.71. The van der Waals surface area contributed by atoms with Gasteiger partial charge in [-0.3, -0.25) is 9.59 Å². The molecule has 23 heavy (non-hydrogen) atoms. The molecule has 0 heterocycles. The summed E-state index contributed by atoms with van der Waals surface area (Å²) in [5, 5.41) is 0. The molecule has 0 aromatic rings. The lowest BCUT2D eigenvalue weighted by atomic mass is 10.0. The van der Waals surface area contributed by atoms with E-state index in [9.17, 15) is 9.59 Å². The van der Waals surface area contributed by atoms with Crippen LogP contribution in [0.3, 0.4) is 0 Å². The van der Waals surface area contributed by atoms with E-state index < -0.39 is 17.4 Å². The van der Waals surface area contributed by atoms with Crippen molar-refractivity contribution in [2.24, 2.45) is 11.3 Å². The molecule has 1 atom stereocenters. The van der Waals surface area contributed by atoms with Gasteiger partial charge in [-0.2, -0.15) is 0 Å². The van der Waals surface area contributed by atoms with Crippen LogP contribution in [0.15, 0.2) is 12.2 Å². The van der Waals surface area contributed by atoms with Gasteiger partial charge in [-0.15, -0.1) is 0 Å². The van der Waals surface area contributed by atoms with Crippen LogP contribution in [-0.2, 0) is 19.1 Å². The van der Waals surface area contributed by atoms with E-state index in [1.54, 1.807) is 0 Å². The van der Waals surface area contributed by atoms with Gasteiger partial charge in [0.1, 0.15) is 0 Å². The number of ether oxygens (including phenoxy) is 2. The molecule has 0 saturated heterocycles. The Kier molecular flexibility index (Phi) is 8.97. The van der Waals surface area contributed by atoms with Crippen LogP contribution in [0.5, 0.6) is 0 Å². The highest BCUT2D eigenvalue weighted by Crippen LogP contribution is 2.55. The number of unbranched alkanes of at least 4 members (excludes halogenated alkanes) is 8. The van der Waals surface area contributed by atoms with E-state index in [0.717, 1.165) is 6.42 Å². The zero-order chi connectivity index (χ0) is 17.1. The summed E-state index contributed by atoms with van der Waals surface area (Å²) >= 11 is 0. The van der Waals surface area contributed by atoms with Gasteiger partial charge in [-0.1, -0.05) is 64.0 Å². The number of esters is 2. The van der Waals surface area contributed by atoms with E-state index in [4.69, 9.17) is 9.47 Å². The van der Waals surface area contributed by atoms with E-state index in [1.807, 2.05) is 6.08 Å². The second-order valence-corrected chi connectivity index (χ2v) is 6.46. The summed E-state index contributed by atoms with van der Waals surface area (Å²) < 4.78 is 9.51. The van der Waals surface area contributed by atoms with Gasteiger partial charge in [0.2, 0.25) is 0 Å². The quantitative estimate of drug-likeness (QED) is 0.231. The fourth-order valence-corrected chi connectivity index (χ4v) is 3.09. The topological polar surface area (TPSA) is 52.6 Å². The fraction of sp³-hybridized carbons (Fsp3) is 0.789. The van der Waals surface area contributed by atoms with Crippen LogP contribution < -0.4 is 0 Å². The van der Waals surface area contributed by atoms with Gasteiger partial charge in [0.05, 0.1) is 14.2 Å². The highest BCUT2D eigenvalue weighted by atomic mass is 16.5. The Hall–Kier alpha value is -1.32. The zero-order valence-corrected chi connectivity index (χ0v) is 14.9. The van der Waals surface area contributed by atoms with Crippen molar-refractivity contribution < 1.29 is 19.1 Å². The van der Waals surface area contributed by atoms with Crippen LogP contribution in [-0.4, -0.2) is 26.2 Å². The number of hydrogen-bond donors (Lipinski definition) is 0. The van der Waals surface area contributed by atoms with Gasteiger partial charge in [0, 0.05) is 5.92 Å². The maximum Gasteiger partial charge on any atom is 0.323 e. The number of rotatable bonds is 12. The molecule has 4 heteroatoms. The van der Waals surface area contributed by atoms with Crippen LogP contribution in [0.2, 0.25) is 0 Å². The van der Waals surface area contributed by atoms with Crippen molar-refractivity contribution in [2.45, 2.75) is 71.1 Å². The molecule has 0 aliphatic heterocycles. The number of methoxy groups -OCH3 is 2. The molecule has 1 fully saturated rings. The summed E-state index contributed by atoms with van der Waals surface area (Å²) in [5.41, 5.74) is -1.08. The summed E-state index contributed by atoms with van der Waals surface area (Å²) in [7, 11) is 2.62. The Morgan fingerprint density at radius 2 is 1.48 bits per heavy atom. The van der Waals surface area contributed by atoms with E-state index >= 15 is 0 Å². The molecule has 0 aromatic heterocycles. The molecule has 0 spiro atoms. The van der Waals surface area contributed by atoms with Gasteiger partial charge < -0.3 is 9.47 Å². The van der Waals surface area contributed by atoms with E-state index in [1.165, 1.54) is 65.6 Å². The van der Waals surface area contributed by atoms with Gasteiger partial charge in [-0.25, -0.2) is 0 Å². The first-order chi connectivity index (χ1) is 11.1. The number of hydrogen-bond acceptors (Lipinski definition) is 4. The van der Waals surface area contributed by atoms with Crippen molar-refractivity contribution >= 4 is 11.9 Å². The Bertz CT molecular complexity index is 384. The Morgan fingerprint density at radius 3 is 2.00 bits per heavy atom. The monoisotopic (exact) mass is 324 g/mol. The molecule has 1 rings (SSSR count). The SMILES string of the molecule is CCCCCCCCCC/C=C/C1CC1(C(=O)OC)C(=O)OC. The molecule has 0 amide bonds. The molecule has 0 aromatic carbocycles. The molecule has 0 bridgehead atoms. The van der Waals surface area contributed by atoms with Crippen LogP contribution in [0.4, 0.5) is 0 Å². The third-order valence-corrected chi connectivity index (χ3v) is 4.71. The van der Waals surface area contributed by atoms with Crippen LogP contribution in [0.25, 0.3) is 0 Å². The van der Waals surface area contributed by atoms with E-state index in [2.05, 4.69) is 13.0 Å². The number of carbonyl (C=O) groups excluding carboxylic acids is 2. The lowest BCUT2D eigenvalue weighted by Crippen LogP contribution is -2.30. The molecule has 4 nitrogen and oxygen atoms in total. The molecule has 1 unspecified atom stereocenters. The summed E-state index contributed by atoms with van der Waals surface area (Å²) in [6.45, 7) is 2.24. The molecule has 1 aliphatic carbocycles. The van der Waals surface area contributed by atoms with Crippen molar-refractivity contribution in [2.75, 3.05) is 14.2 Å². The molecular formula is C19H32O4. The average Bonchev–Trinajstić information content (AvgIpc) is 3.30. The van der Waals surface area contributed by atoms with E-state index in [0.29, 0.717) is 6.42 Å². The number of carbonyl (C=O) groups is 2. The zero-order valence-electron chi connectivity index (χ0n) is 14.9. The maximum atomic E-state index is 11.8. The minimum Gasteiger partial charge on any atom is -0.468 e. The van der Waals surface area contributed by atoms with Crippen molar-refractivity contribution in [3.8, 4) is 0 Å². The molecule has 0 radical (unpaired) electrons. The minimum absolute atomic E-state index is 0.0727. The van der Waals surface area contributed by atoms with Crippen molar-refractivity contribution in [1.82, 2.24) is 0 Å². The molecule has 1 saturated carbocycles. The van der Waals surface area contributed by atoms with Crippen molar-refractivity contribution in [3.05, 3.63) is 12.2 Å². The predicted octanol–water partition coefficient (Wildman–Crippen LogP) is 4.43. The Morgan fingerprint density at radius 1 is 0.957 bits per heavy atom. The first kappa shape index (κ1) is 19.7. The summed E-state index contributed by atoms with van der Waals surface area (Å²) in [6.07, 6.45) is 16.0. The van der Waals surface area contributed by atoms with E-state index in [-0.39, 0.29) is 5.92 Å². The van der Waals surface area contributed by atoms with Gasteiger partial charge in [0.15, 0.2) is 5.41 Å². The largest absolute Gasteiger partial charge is 0.468 e. The predicted molar refractivity (Wildman–Crippen MR) is 90.9 cm³/mol. The van der Waals surface area contributed by atoms with Gasteiger partial charge in [0.25, 0.3) is 0 Å². The van der Waals surface area contributed by atoms with Crippen molar-refractivity contribution in [1.29, 1.82) is 0 Å². The van der Waals surface area contributed by atoms with Gasteiger partial charge >= 0.3 is 11.9 Å². The van der Waals surface area contributed by atoms with Crippen LogP contribution in [0, 0.1) is 11.3 Å². The third kappa shape index (κ3) is 5.67. The average molecular weight is 324 g/mol. The molecule has 1 aliphatic rings. The lowest BCUT2D eigenvalue weighted by molar-refractivity contribution is -0.161. The summed E-state index contributed by atoms with van der Waals surface area (Å²) in [5.74, 6) is -1.03. The van der Waals surface area contributed by atoms with Crippen molar-refractivity contribution in [3.63, 3.8) is 0 Å². The second kappa shape index (κ2) is 10.5. The summed E-state index contributed by atoms with van der Waals surface area (Å²) in [6, 6.07) is 0. The lowest BCUT2D eigenvalue weighted by Gasteiger charge is -2.10. The molecule has 0 N–H and O–H groups in total. The highest BCUT2D eigenvalue weighted by Gasteiger charge is 2.66. The molecule has 132 valence electrons. The smallest absolute Gasteiger partial charge is 0.323 e. The Balaban J connectivity index is 2.18. The normalized spacial score (nSPS) is 18.8. The van der Waals surface area contributed by atoms with Crippen LogP contribution in [0.1, 0.15) is 71.1 Å². The first-order valence-corrected chi connectivity index (χ1v) is 8.97.